The highest BCUT2D eigenvalue weighted by molar-refractivity contribution is 6.05. The Morgan fingerprint density at radius 2 is 2.16 bits per heavy atom. The van der Waals surface area contributed by atoms with E-state index >= 15 is 0 Å². The molecule has 3 saturated heterocycles. The number of carbonyl (C=O) groups is 1. The smallest absolute Gasteiger partial charge is 0.187 e. The van der Waals surface area contributed by atoms with E-state index in [1.165, 1.54) is 24.1 Å². The Bertz CT molecular complexity index is 510. The van der Waals surface area contributed by atoms with Crippen LogP contribution < -0.4 is 0 Å². The van der Waals surface area contributed by atoms with Gasteiger partial charge in [-0.25, -0.2) is 0 Å². The molecule has 1 aromatic carbocycles. The summed E-state index contributed by atoms with van der Waals surface area (Å²) in [6, 6.07) is 8.01. The zero-order valence-corrected chi connectivity index (χ0v) is 11.6. The number of carbonyl (C=O) groups excluding carboxylic acids is 1. The first kappa shape index (κ1) is 12.5. The summed E-state index contributed by atoms with van der Waals surface area (Å²) >= 11 is 0. The molecule has 2 heteroatoms. The molecule has 2 bridgehead atoms. The third-order valence-electron chi connectivity index (χ3n) is 4.44. The van der Waals surface area contributed by atoms with E-state index < -0.39 is 0 Å². The van der Waals surface area contributed by atoms with Crippen molar-refractivity contribution in [3.8, 4) is 0 Å². The van der Waals surface area contributed by atoms with E-state index in [0.717, 1.165) is 37.4 Å². The quantitative estimate of drug-likeness (QED) is 0.609. The second-order valence-corrected chi connectivity index (χ2v) is 5.69. The summed E-state index contributed by atoms with van der Waals surface area (Å²) in [4.78, 5) is 14.7. The van der Waals surface area contributed by atoms with Gasteiger partial charge in [-0.2, -0.15) is 0 Å². The summed E-state index contributed by atoms with van der Waals surface area (Å²) in [6.45, 7) is 4.39. The number of hydrogen-bond donors (Lipinski definition) is 0. The van der Waals surface area contributed by atoms with Crippen molar-refractivity contribution in [1.29, 1.82) is 0 Å². The third kappa shape index (κ3) is 2.58. The van der Waals surface area contributed by atoms with E-state index in [2.05, 4.69) is 17.9 Å². The van der Waals surface area contributed by atoms with Crippen LogP contribution in [0.4, 0.5) is 0 Å². The van der Waals surface area contributed by atoms with Crippen LogP contribution in [0.1, 0.15) is 42.1 Å². The fraction of sp³-hybridized carbons (Fsp3) is 0.471. The van der Waals surface area contributed by atoms with E-state index in [9.17, 15) is 4.79 Å². The number of piperidine rings is 3. The van der Waals surface area contributed by atoms with Gasteiger partial charge in [0.25, 0.3) is 0 Å². The summed E-state index contributed by atoms with van der Waals surface area (Å²) in [6.07, 6.45) is 6.55. The van der Waals surface area contributed by atoms with Crippen LogP contribution >= 0.6 is 0 Å². The van der Waals surface area contributed by atoms with Gasteiger partial charge < -0.3 is 4.90 Å². The molecule has 3 aliphatic rings. The zero-order valence-electron chi connectivity index (χ0n) is 11.6. The second kappa shape index (κ2) is 5.20. The average molecular weight is 255 g/mol. The van der Waals surface area contributed by atoms with Crippen molar-refractivity contribution in [2.45, 2.75) is 32.6 Å². The minimum Gasteiger partial charge on any atom is -0.375 e. The molecule has 1 aromatic rings. The van der Waals surface area contributed by atoms with Gasteiger partial charge in [0.2, 0.25) is 0 Å². The van der Waals surface area contributed by atoms with Gasteiger partial charge in [0, 0.05) is 30.4 Å². The van der Waals surface area contributed by atoms with E-state index in [1.807, 2.05) is 24.3 Å². The van der Waals surface area contributed by atoms with E-state index in [1.54, 1.807) is 0 Å². The van der Waals surface area contributed by atoms with Gasteiger partial charge in [0.05, 0.1) is 0 Å². The summed E-state index contributed by atoms with van der Waals surface area (Å²) in [5, 5.41) is 0. The van der Waals surface area contributed by atoms with Gasteiger partial charge in [-0.3, -0.25) is 4.79 Å². The van der Waals surface area contributed by atoms with Crippen LogP contribution in [0.2, 0.25) is 0 Å². The van der Waals surface area contributed by atoms with Crippen molar-refractivity contribution in [2.24, 2.45) is 5.92 Å². The first-order valence-corrected chi connectivity index (χ1v) is 7.35. The molecule has 0 atom stereocenters. The topological polar surface area (TPSA) is 20.3 Å². The lowest BCUT2D eigenvalue weighted by molar-refractivity contribution is 0.103. The summed E-state index contributed by atoms with van der Waals surface area (Å²) < 4.78 is 0. The first-order chi connectivity index (χ1) is 9.26. The fourth-order valence-corrected chi connectivity index (χ4v) is 3.18. The molecule has 0 saturated carbocycles. The Hall–Kier alpha value is -1.57. The highest BCUT2D eigenvalue weighted by atomic mass is 16.1. The maximum atomic E-state index is 12.4. The van der Waals surface area contributed by atoms with Gasteiger partial charge in [0.15, 0.2) is 5.78 Å². The third-order valence-corrected chi connectivity index (χ3v) is 4.44. The van der Waals surface area contributed by atoms with Crippen molar-refractivity contribution in [1.82, 2.24) is 4.90 Å². The Balaban J connectivity index is 1.80. The Labute approximate surface area is 115 Å². The number of benzene rings is 1. The average Bonchev–Trinajstić information content (AvgIpc) is 2.48. The lowest BCUT2D eigenvalue weighted by Crippen LogP contribution is -2.39. The standard InChI is InChI=1S/C17H21NO/c1-2-13-4-3-5-15(10-13)17(19)12-16-11-14-6-8-18(16)9-7-14/h3-5,10,12,14H,2,6-9,11H2,1H3/b16-12+. The molecule has 4 rings (SSSR count). The predicted molar refractivity (Wildman–Crippen MR) is 77.1 cm³/mol. The van der Waals surface area contributed by atoms with Crippen LogP contribution in [0.3, 0.4) is 0 Å². The second-order valence-electron chi connectivity index (χ2n) is 5.69. The van der Waals surface area contributed by atoms with Crippen LogP contribution in [0.15, 0.2) is 36.0 Å². The highest BCUT2D eigenvalue weighted by Crippen LogP contribution is 2.34. The maximum Gasteiger partial charge on any atom is 0.187 e. The normalized spacial score (nSPS) is 21.1. The molecule has 0 aliphatic carbocycles. The number of hydrogen-bond acceptors (Lipinski definition) is 2. The number of aryl methyl sites for hydroxylation is 1. The molecule has 0 spiro atoms. The Kier molecular flexibility index (Phi) is 3.41. The van der Waals surface area contributed by atoms with Crippen molar-refractivity contribution in [3.63, 3.8) is 0 Å². The SMILES string of the molecule is CCc1cccc(C(=O)/C=C2\CC3CCN2CC3)c1. The molecule has 2 nitrogen and oxygen atoms in total. The minimum absolute atomic E-state index is 0.165. The summed E-state index contributed by atoms with van der Waals surface area (Å²) in [7, 11) is 0. The van der Waals surface area contributed by atoms with E-state index in [-0.39, 0.29) is 5.78 Å². The van der Waals surface area contributed by atoms with E-state index in [0.29, 0.717) is 0 Å². The van der Waals surface area contributed by atoms with Crippen LogP contribution in [0.5, 0.6) is 0 Å². The number of rotatable bonds is 3. The predicted octanol–water partition coefficient (Wildman–Crippen LogP) is 3.43. The number of nitrogens with zero attached hydrogens (tertiary/aromatic N) is 1. The van der Waals surface area contributed by atoms with Crippen molar-refractivity contribution in [2.75, 3.05) is 13.1 Å². The molecular formula is C17H21NO. The fourth-order valence-electron chi connectivity index (χ4n) is 3.18. The molecular weight excluding hydrogens is 234 g/mol. The largest absolute Gasteiger partial charge is 0.375 e. The van der Waals surface area contributed by atoms with Crippen LogP contribution in [0.25, 0.3) is 0 Å². The molecule has 19 heavy (non-hydrogen) atoms. The van der Waals surface area contributed by atoms with Gasteiger partial charge in [-0.15, -0.1) is 0 Å². The molecule has 0 unspecified atom stereocenters. The van der Waals surface area contributed by atoms with Crippen LogP contribution in [-0.2, 0) is 6.42 Å². The molecule has 3 heterocycles. The highest BCUT2D eigenvalue weighted by Gasteiger charge is 2.28. The Morgan fingerprint density at radius 3 is 2.79 bits per heavy atom. The molecule has 0 radical (unpaired) electrons. The van der Waals surface area contributed by atoms with Crippen molar-refractivity contribution < 1.29 is 4.79 Å². The molecule has 0 N–H and O–H groups in total. The van der Waals surface area contributed by atoms with E-state index in [4.69, 9.17) is 0 Å². The monoisotopic (exact) mass is 255 g/mol. The Morgan fingerprint density at radius 1 is 1.37 bits per heavy atom. The molecule has 0 aromatic heterocycles. The number of allylic oxidation sites excluding steroid dienone is 2. The lowest BCUT2D eigenvalue weighted by Gasteiger charge is -2.42. The van der Waals surface area contributed by atoms with Gasteiger partial charge in [-0.05, 0) is 43.2 Å². The minimum atomic E-state index is 0.165. The van der Waals surface area contributed by atoms with Gasteiger partial charge in [-0.1, -0.05) is 25.1 Å². The number of ketones is 1. The van der Waals surface area contributed by atoms with Crippen molar-refractivity contribution in [3.05, 3.63) is 47.2 Å². The molecule has 3 fully saturated rings. The summed E-state index contributed by atoms with van der Waals surface area (Å²) in [5.74, 6) is 0.976. The van der Waals surface area contributed by atoms with Gasteiger partial charge in [0.1, 0.15) is 0 Å². The molecule has 100 valence electrons. The van der Waals surface area contributed by atoms with Gasteiger partial charge >= 0.3 is 0 Å². The van der Waals surface area contributed by atoms with Crippen LogP contribution in [0, 0.1) is 5.92 Å². The lowest BCUT2D eigenvalue weighted by atomic mass is 9.85. The summed E-state index contributed by atoms with van der Waals surface area (Å²) in [5.41, 5.74) is 3.32. The number of fused-ring (bicyclic) bond motifs is 3. The zero-order chi connectivity index (χ0) is 13.2. The van der Waals surface area contributed by atoms with Crippen LogP contribution in [-0.4, -0.2) is 23.8 Å². The maximum absolute atomic E-state index is 12.4. The first-order valence-electron chi connectivity index (χ1n) is 7.35. The molecule has 3 aliphatic heterocycles. The molecule has 0 amide bonds. The van der Waals surface area contributed by atoms with Crippen molar-refractivity contribution >= 4 is 5.78 Å².